The number of carbonyl (C=O) groups is 2. The lowest BCUT2D eigenvalue weighted by Gasteiger charge is -2.05. The van der Waals surface area contributed by atoms with Crippen LogP contribution >= 0.6 is 0 Å². The monoisotopic (exact) mass is 420 g/mol. The summed E-state index contributed by atoms with van der Waals surface area (Å²) in [7, 11) is 1.40. The number of furan rings is 1. The number of nitro groups is 1. The zero-order chi connectivity index (χ0) is 22.3. The molecule has 0 aliphatic rings. The second-order valence-corrected chi connectivity index (χ2v) is 6.73. The zero-order valence-electron chi connectivity index (χ0n) is 16.5. The molecule has 2 heterocycles. The van der Waals surface area contributed by atoms with Crippen molar-refractivity contribution in [3.8, 4) is 17.1 Å². The van der Waals surface area contributed by atoms with E-state index in [0.717, 1.165) is 0 Å². The smallest absolute Gasteiger partial charge is 0.338 e. The summed E-state index contributed by atoms with van der Waals surface area (Å²) < 4.78 is 12.0. The van der Waals surface area contributed by atoms with E-state index in [1.807, 2.05) is 0 Å². The first kappa shape index (κ1) is 19.9. The summed E-state index contributed by atoms with van der Waals surface area (Å²) in [5, 5.41) is 21.5. The number of aromatic nitrogens is 1. The van der Waals surface area contributed by atoms with Crippen LogP contribution in [0.15, 0.2) is 59.0 Å². The van der Waals surface area contributed by atoms with E-state index in [0.29, 0.717) is 16.7 Å². The predicted molar refractivity (Wildman–Crippen MR) is 111 cm³/mol. The quantitative estimate of drug-likeness (QED) is 0.372. The highest BCUT2D eigenvalue weighted by molar-refractivity contribution is 6.10. The van der Waals surface area contributed by atoms with E-state index >= 15 is 0 Å². The number of para-hydroxylation sites is 1. The molecule has 2 aromatic heterocycles. The molecule has 0 spiro atoms. The molecule has 0 bridgehead atoms. The number of methoxy groups -OCH3 is 1. The van der Waals surface area contributed by atoms with E-state index in [2.05, 4.69) is 0 Å². The van der Waals surface area contributed by atoms with Gasteiger partial charge in [-0.05, 0) is 37.3 Å². The molecule has 2 aromatic carbocycles. The summed E-state index contributed by atoms with van der Waals surface area (Å²) >= 11 is 0. The lowest BCUT2D eigenvalue weighted by atomic mass is 10.1. The van der Waals surface area contributed by atoms with Crippen LogP contribution in [0.1, 0.15) is 26.6 Å². The second-order valence-electron chi connectivity index (χ2n) is 6.73. The maximum absolute atomic E-state index is 13.2. The van der Waals surface area contributed by atoms with Gasteiger partial charge in [0.15, 0.2) is 5.76 Å². The molecule has 4 rings (SSSR count). The lowest BCUT2D eigenvalue weighted by molar-refractivity contribution is -0.384. The molecule has 0 amide bonds. The third kappa shape index (κ3) is 3.21. The highest BCUT2D eigenvalue weighted by atomic mass is 16.6. The van der Waals surface area contributed by atoms with Crippen molar-refractivity contribution in [1.29, 1.82) is 0 Å². The van der Waals surface area contributed by atoms with Gasteiger partial charge in [0.05, 0.1) is 34.7 Å². The fraction of sp³-hybridized carbons (Fsp3) is 0.0909. The molecule has 0 unspecified atom stereocenters. The van der Waals surface area contributed by atoms with Crippen molar-refractivity contribution in [2.75, 3.05) is 7.11 Å². The van der Waals surface area contributed by atoms with Crippen LogP contribution in [0, 0.1) is 17.0 Å². The summed E-state index contributed by atoms with van der Waals surface area (Å²) in [6.45, 7) is 1.54. The van der Waals surface area contributed by atoms with Crippen molar-refractivity contribution in [3.05, 3.63) is 81.7 Å². The van der Waals surface area contributed by atoms with Crippen molar-refractivity contribution < 1.29 is 28.8 Å². The van der Waals surface area contributed by atoms with E-state index in [9.17, 15) is 24.8 Å². The summed E-state index contributed by atoms with van der Waals surface area (Å²) in [6.07, 6.45) is 0. The Morgan fingerprint density at radius 3 is 2.55 bits per heavy atom. The Hall–Kier alpha value is -4.40. The van der Waals surface area contributed by atoms with Crippen LogP contribution in [0.4, 0.5) is 5.69 Å². The first-order valence-corrected chi connectivity index (χ1v) is 9.14. The summed E-state index contributed by atoms with van der Waals surface area (Å²) in [6, 6.07) is 13.8. The van der Waals surface area contributed by atoms with Gasteiger partial charge in [0, 0.05) is 11.1 Å². The topological polar surface area (TPSA) is 125 Å². The Morgan fingerprint density at radius 2 is 1.87 bits per heavy atom. The summed E-state index contributed by atoms with van der Waals surface area (Å²) in [5.74, 6) is -1.36. The molecule has 4 aromatic rings. The number of nitro benzene ring substituents is 1. The number of carboxylic acid groups (broad SMARTS) is 1. The molecule has 1 N–H and O–H groups in total. The van der Waals surface area contributed by atoms with E-state index in [1.165, 1.54) is 35.9 Å². The van der Waals surface area contributed by atoms with Gasteiger partial charge in [0.25, 0.3) is 11.6 Å². The number of nitrogens with zero attached hydrogens (tertiary/aromatic N) is 2. The third-order valence-electron chi connectivity index (χ3n) is 5.01. The normalized spacial score (nSPS) is 10.9. The first-order chi connectivity index (χ1) is 14.8. The molecule has 0 aliphatic carbocycles. The highest BCUT2D eigenvalue weighted by Crippen LogP contribution is 2.35. The molecule has 0 radical (unpaired) electrons. The SMILES string of the molecule is COc1ccc(-c2ccc(C(=O)n3c(C)c(C(=O)O)c4ccccc43)o2)c([N+](=O)[O-])c1. The first-order valence-electron chi connectivity index (χ1n) is 9.14. The van der Waals surface area contributed by atoms with Gasteiger partial charge in [-0.2, -0.15) is 0 Å². The van der Waals surface area contributed by atoms with Gasteiger partial charge in [-0.15, -0.1) is 0 Å². The van der Waals surface area contributed by atoms with Crippen molar-refractivity contribution in [1.82, 2.24) is 4.57 Å². The van der Waals surface area contributed by atoms with Crippen molar-refractivity contribution >= 4 is 28.5 Å². The van der Waals surface area contributed by atoms with E-state index in [-0.39, 0.29) is 34.0 Å². The molecule has 0 atom stereocenters. The zero-order valence-corrected chi connectivity index (χ0v) is 16.5. The van der Waals surface area contributed by atoms with Crippen LogP contribution in [0.2, 0.25) is 0 Å². The second kappa shape index (κ2) is 7.45. The molecule has 31 heavy (non-hydrogen) atoms. The maximum atomic E-state index is 13.2. The molecule has 9 nitrogen and oxygen atoms in total. The van der Waals surface area contributed by atoms with E-state index < -0.39 is 16.8 Å². The molecule has 0 saturated carbocycles. The number of carbonyl (C=O) groups excluding carboxylic acids is 1. The minimum absolute atomic E-state index is 0.0292. The number of hydrogen-bond donors (Lipinski definition) is 1. The Morgan fingerprint density at radius 1 is 1.13 bits per heavy atom. The van der Waals surface area contributed by atoms with Crippen molar-refractivity contribution in [3.63, 3.8) is 0 Å². The minimum Gasteiger partial charge on any atom is -0.497 e. The van der Waals surface area contributed by atoms with Gasteiger partial charge < -0.3 is 14.3 Å². The lowest BCUT2D eigenvalue weighted by Crippen LogP contribution is -2.13. The standard InChI is InChI=1S/C22H16N2O7/c1-12-20(22(26)27)15-5-3-4-6-16(15)23(12)21(25)19-10-9-18(31-19)14-8-7-13(30-2)11-17(14)24(28)29/h3-11H,1-2H3,(H,26,27). The van der Waals surface area contributed by atoms with Crippen LogP contribution in [0.25, 0.3) is 22.2 Å². The van der Waals surface area contributed by atoms with E-state index in [4.69, 9.17) is 9.15 Å². The number of carboxylic acids is 1. The van der Waals surface area contributed by atoms with Crippen LogP contribution in [-0.2, 0) is 0 Å². The van der Waals surface area contributed by atoms with Crippen LogP contribution in [0.5, 0.6) is 5.75 Å². The Bertz CT molecular complexity index is 1360. The predicted octanol–water partition coefficient (Wildman–Crippen LogP) is 4.51. The van der Waals surface area contributed by atoms with E-state index in [1.54, 1.807) is 37.3 Å². The molecule has 0 saturated heterocycles. The van der Waals surface area contributed by atoms with Gasteiger partial charge in [-0.25, -0.2) is 4.79 Å². The van der Waals surface area contributed by atoms with Gasteiger partial charge in [0.1, 0.15) is 11.5 Å². The summed E-state index contributed by atoms with van der Waals surface area (Å²) in [4.78, 5) is 35.8. The van der Waals surface area contributed by atoms with Crippen molar-refractivity contribution in [2.45, 2.75) is 6.92 Å². The van der Waals surface area contributed by atoms with Crippen LogP contribution in [0.3, 0.4) is 0 Å². The Labute approximate surface area is 175 Å². The fourth-order valence-corrected chi connectivity index (χ4v) is 3.60. The number of aromatic carboxylic acids is 1. The highest BCUT2D eigenvalue weighted by Gasteiger charge is 2.26. The van der Waals surface area contributed by atoms with Gasteiger partial charge in [0.2, 0.25) is 0 Å². The number of benzene rings is 2. The van der Waals surface area contributed by atoms with Gasteiger partial charge in [-0.1, -0.05) is 18.2 Å². The maximum Gasteiger partial charge on any atom is 0.338 e. The Balaban J connectivity index is 1.82. The average Bonchev–Trinajstić information content (AvgIpc) is 3.35. The molecular weight excluding hydrogens is 404 g/mol. The number of rotatable bonds is 5. The largest absolute Gasteiger partial charge is 0.497 e. The molecule has 9 heteroatoms. The van der Waals surface area contributed by atoms with Gasteiger partial charge in [-0.3, -0.25) is 19.5 Å². The molecule has 0 aliphatic heterocycles. The molecule has 0 fully saturated rings. The molecule has 156 valence electrons. The summed E-state index contributed by atoms with van der Waals surface area (Å²) in [5.41, 5.74) is 0.665. The minimum atomic E-state index is -1.14. The fourth-order valence-electron chi connectivity index (χ4n) is 3.60. The number of fused-ring (bicyclic) bond motifs is 1. The van der Waals surface area contributed by atoms with Crippen molar-refractivity contribution in [2.24, 2.45) is 0 Å². The Kier molecular flexibility index (Phi) is 4.78. The average molecular weight is 420 g/mol. The van der Waals surface area contributed by atoms with Crippen LogP contribution in [-0.4, -0.2) is 33.6 Å². The van der Waals surface area contributed by atoms with Crippen LogP contribution < -0.4 is 4.74 Å². The third-order valence-corrected chi connectivity index (χ3v) is 5.01. The number of ether oxygens (including phenoxy) is 1. The molecular formula is C22H16N2O7. The van der Waals surface area contributed by atoms with Gasteiger partial charge >= 0.3 is 5.97 Å². The number of hydrogen-bond acceptors (Lipinski definition) is 6.